The van der Waals surface area contributed by atoms with E-state index < -0.39 is 11.4 Å². The lowest BCUT2D eigenvalue weighted by Gasteiger charge is -2.37. The van der Waals surface area contributed by atoms with Crippen LogP contribution in [-0.2, 0) is 23.4 Å². The zero-order valence-electron chi connectivity index (χ0n) is 19.7. The number of amides is 1. The summed E-state index contributed by atoms with van der Waals surface area (Å²) in [6, 6.07) is 15.4. The van der Waals surface area contributed by atoms with Crippen LogP contribution in [0.25, 0.3) is 0 Å². The molecule has 5 rings (SSSR count). The molecule has 0 radical (unpaired) electrons. The molecule has 1 amide bonds. The maximum Gasteiger partial charge on any atom is 0.228 e. The van der Waals surface area contributed by atoms with Gasteiger partial charge < -0.3 is 20.1 Å². The van der Waals surface area contributed by atoms with Gasteiger partial charge in [0.05, 0.1) is 5.69 Å². The number of hydrogen-bond acceptors (Lipinski definition) is 7. The number of benzene rings is 2. The summed E-state index contributed by atoms with van der Waals surface area (Å²) < 4.78 is 26.1. The molecule has 0 saturated carbocycles. The fraction of sp³-hybridized carbons (Fsp3) is 0.222. The first kappa shape index (κ1) is 23.9. The Morgan fingerprint density at radius 2 is 2.06 bits per heavy atom. The number of carbonyl (C=O) groups is 1. The van der Waals surface area contributed by atoms with Gasteiger partial charge in [-0.1, -0.05) is 12.1 Å². The second kappa shape index (κ2) is 10.4. The Hall–Kier alpha value is -3.82. The normalized spacial score (nSPS) is 16.7. The van der Waals surface area contributed by atoms with Gasteiger partial charge >= 0.3 is 0 Å². The predicted octanol–water partition coefficient (Wildman–Crippen LogP) is 5.44. The zero-order valence-corrected chi connectivity index (χ0v) is 20.5. The Morgan fingerprint density at radius 3 is 2.83 bits per heavy atom. The van der Waals surface area contributed by atoms with Crippen LogP contribution in [0.5, 0.6) is 17.2 Å². The van der Waals surface area contributed by atoms with Crippen LogP contribution in [-0.4, -0.2) is 22.4 Å². The summed E-state index contributed by atoms with van der Waals surface area (Å²) >= 11 is 1.37. The van der Waals surface area contributed by atoms with Crippen molar-refractivity contribution in [2.24, 2.45) is 0 Å². The topological polar surface area (TPSA) is 85.4 Å². The van der Waals surface area contributed by atoms with E-state index in [1.165, 1.54) is 23.5 Å². The van der Waals surface area contributed by atoms with Crippen LogP contribution in [0, 0.1) is 5.82 Å². The molecule has 0 unspecified atom stereocenters. The maximum atomic E-state index is 13.9. The molecular formula is C27H25FN4O3S. The van der Waals surface area contributed by atoms with Gasteiger partial charge in [0.25, 0.3) is 0 Å². The van der Waals surface area contributed by atoms with E-state index in [0.29, 0.717) is 28.9 Å². The number of carbonyl (C=O) groups excluding carboxylic acids is 1. The number of anilines is 1. The highest BCUT2D eigenvalue weighted by Gasteiger charge is 2.35. The minimum Gasteiger partial charge on any atom is -0.483 e. The third kappa shape index (κ3) is 5.53. The Morgan fingerprint density at radius 1 is 1.14 bits per heavy atom. The number of pyridine rings is 1. The minimum absolute atomic E-state index is 0.143. The van der Waals surface area contributed by atoms with Gasteiger partial charge in [0.2, 0.25) is 5.91 Å². The summed E-state index contributed by atoms with van der Waals surface area (Å²) in [4.78, 5) is 21.3. The first-order valence-electron chi connectivity index (χ1n) is 11.6. The van der Waals surface area contributed by atoms with Crippen molar-refractivity contribution in [1.29, 1.82) is 0 Å². The molecule has 0 fully saturated rings. The van der Waals surface area contributed by atoms with Crippen LogP contribution in [0.4, 0.5) is 9.52 Å². The van der Waals surface area contributed by atoms with E-state index in [2.05, 4.69) is 20.6 Å². The van der Waals surface area contributed by atoms with Gasteiger partial charge in [-0.3, -0.25) is 9.78 Å². The van der Waals surface area contributed by atoms with Crippen molar-refractivity contribution in [2.45, 2.75) is 31.9 Å². The summed E-state index contributed by atoms with van der Waals surface area (Å²) in [5.41, 5.74) is 2.12. The fourth-order valence-corrected chi connectivity index (χ4v) is 4.85. The van der Waals surface area contributed by atoms with Crippen molar-refractivity contribution in [1.82, 2.24) is 15.3 Å². The molecule has 4 aromatic rings. The quantitative estimate of drug-likeness (QED) is 0.333. The first-order valence-corrected chi connectivity index (χ1v) is 12.4. The molecule has 2 aromatic heterocycles. The Bertz CT molecular complexity index is 1350. The second-order valence-electron chi connectivity index (χ2n) is 8.70. The van der Waals surface area contributed by atoms with Gasteiger partial charge in [0.15, 0.2) is 16.6 Å². The van der Waals surface area contributed by atoms with Crippen LogP contribution < -0.4 is 20.1 Å². The standard InChI is InChI=1S/C27H25FN4O3S/c1-27(16-25(33)32-26-30-11-12-36-26)22-15-24(35-21-7-4-5-19(28)14-21)23(13-18(22)8-10-31-27)34-17-20-6-2-3-9-29-20/h2-7,9,11-15,31H,8,10,16-17H2,1H3,(H,30,32,33)/t27-/m1/s1. The maximum absolute atomic E-state index is 13.9. The van der Waals surface area contributed by atoms with E-state index >= 15 is 0 Å². The summed E-state index contributed by atoms with van der Waals surface area (Å²) in [6.07, 6.45) is 4.33. The second-order valence-corrected chi connectivity index (χ2v) is 9.59. The highest BCUT2D eigenvalue weighted by Crippen LogP contribution is 2.41. The smallest absolute Gasteiger partial charge is 0.228 e. The number of fused-ring (bicyclic) bond motifs is 1. The monoisotopic (exact) mass is 504 g/mol. The van der Waals surface area contributed by atoms with Crippen molar-refractivity contribution in [3.63, 3.8) is 0 Å². The zero-order chi connectivity index (χ0) is 25.0. The van der Waals surface area contributed by atoms with Crippen molar-refractivity contribution in [2.75, 3.05) is 11.9 Å². The fourth-order valence-electron chi connectivity index (χ4n) is 4.30. The lowest BCUT2D eigenvalue weighted by atomic mass is 9.81. The van der Waals surface area contributed by atoms with Crippen LogP contribution in [0.3, 0.4) is 0 Å². The number of rotatable bonds is 8. The summed E-state index contributed by atoms with van der Waals surface area (Å²) in [7, 11) is 0. The molecule has 1 atom stereocenters. The average Bonchev–Trinajstić information content (AvgIpc) is 3.37. The van der Waals surface area contributed by atoms with E-state index in [0.717, 1.165) is 23.2 Å². The number of nitrogens with zero attached hydrogens (tertiary/aromatic N) is 2. The van der Waals surface area contributed by atoms with Gasteiger partial charge in [-0.05, 0) is 60.9 Å². The van der Waals surface area contributed by atoms with E-state index in [9.17, 15) is 9.18 Å². The summed E-state index contributed by atoms with van der Waals surface area (Å²) in [6.45, 7) is 2.95. The van der Waals surface area contributed by atoms with Crippen molar-refractivity contribution in [3.05, 3.63) is 95.0 Å². The van der Waals surface area contributed by atoms with Crippen LogP contribution in [0.15, 0.2) is 72.4 Å². The van der Waals surface area contributed by atoms with Crippen molar-refractivity contribution >= 4 is 22.4 Å². The number of aromatic nitrogens is 2. The molecule has 2 aromatic carbocycles. The lowest BCUT2D eigenvalue weighted by molar-refractivity contribution is -0.117. The number of ether oxygens (including phenoxy) is 2. The summed E-state index contributed by atoms with van der Waals surface area (Å²) in [5.74, 6) is 0.776. The number of hydrogen-bond donors (Lipinski definition) is 2. The van der Waals surface area contributed by atoms with Crippen LogP contribution in [0.2, 0.25) is 0 Å². The molecule has 1 aliphatic rings. The van der Waals surface area contributed by atoms with Gasteiger partial charge in [-0.25, -0.2) is 9.37 Å². The van der Waals surface area contributed by atoms with Crippen molar-refractivity contribution in [3.8, 4) is 17.2 Å². The minimum atomic E-state index is -0.644. The Balaban J connectivity index is 1.47. The van der Waals surface area contributed by atoms with Gasteiger partial charge in [0, 0.05) is 42.3 Å². The molecular weight excluding hydrogens is 479 g/mol. The largest absolute Gasteiger partial charge is 0.483 e. The molecule has 0 spiro atoms. The SMILES string of the molecule is C[C@]1(CC(=O)Nc2nccs2)NCCc2cc(OCc3ccccn3)c(Oc3cccc(F)c3)cc21. The predicted molar refractivity (Wildman–Crippen MR) is 136 cm³/mol. The van der Waals surface area contributed by atoms with Crippen LogP contribution in [0.1, 0.15) is 30.2 Å². The molecule has 184 valence electrons. The highest BCUT2D eigenvalue weighted by atomic mass is 32.1. The molecule has 0 bridgehead atoms. The molecule has 36 heavy (non-hydrogen) atoms. The Kier molecular flexibility index (Phi) is 6.92. The average molecular weight is 505 g/mol. The third-order valence-corrected chi connectivity index (χ3v) is 6.68. The van der Waals surface area contributed by atoms with Crippen molar-refractivity contribution < 1.29 is 18.7 Å². The molecule has 7 nitrogen and oxygen atoms in total. The van der Waals surface area contributed by atoms with E-state index in [1.807, 2.05) is 42.6 Å². The molecule has 0 saturated heterocycles. The number of halogens is 1. The number of thiazole rings is 1. The highest BCUT2D eigenvalue weighted by molar-refractivity contribution is 7.13. The van der Waals surface area contributed by atoms with E-state index in [4.69, 9.17) is 9.47 Å². The van der Waals surface area contributed by atoms with Gasteiger partial charge in [-0.15, -0.1) is 11.3 Å². The Labute approximate surface area is 212 Å². The lowest BCUT2D eigenvalue weighted by Crippen LogP contribution is -2.47. The first-order chi connectivity index (χ1) is 17.5. The molecule has 0 aliphatic carbocycles. The molecule has 2 N–H and O–H groups in total. The van der Waals surface area contributed by atoms with Crippen LogP contribution >= 0.6 is 11.3 Å². The van der Waals surface area contributed by atoms with Gasteiger partial charge in [-0.2, -0.15) is 0 Å². The summed E-state index contributed by atoms with van der Waals surface area (Å²) in [5, 5.41) is 8.73. The number of nitrogens with one attached hydrogen (secondary N) is 2. The van der Waals surface area contributed by atoms with E-state index in [1.54, 1.807) is 24.5 Å². The molecule has 1 aliphatic heterocycles. The van der Waals surface area contributed by atoms with E-state index in [-0.39, 0.29) is 18.9 Å². The van der Waals surface area contributed by atoms with Gasteiger partial charge in [0.1, 0.15) is 18.2 Å². The third-order valence-electron chi connectivity index (χ3n) is 5.99. The molecule has 9 heteroatoms. The molecule has 3 heterocycles.